The number of nitrogens with one attached hydrogen (secondary N) is 1. The minimum Gasteiger partial charge on any atom is -0.379 e. The highest BCUT2D eigenvalue weighted by Gasteiger charge is 2.41. The van der Waals surface area contributed by atoms with Crippen LogP contribution in [0.3, 0.4) is 0 Å². The first-order chi connectivity index (χ1) is 14.0. The molecule has 156 valence electrons. The van der Waals surface area contributed by atoms with Crippen LogP contribution < -0.4 is 5.32 Å². The van der Waals surface area contributed by atoms with E-state index in [0.29, 0.717) is 17.8 Å². The molecule has 0 unspecified atom stereocenters. The summed E-state index contributed by atoms with van der Waals surface area (Å²) in [5, 5.41) is 3.18. The fraction of sp³-hybridized carbons (Fsp3) is 0.565. The SMILES string of the molecule is C=C1c2ccccc2C(=O)N1[C@H](C)C(=O)NCC1(N2CCOCC2)CCCCC1. The van der Waals surface area contributed by atoms with Gasteiger partial charge in [-0.2, -0.15) is 0 Å². The number of hydrogen-bond acceptors (Lipinski definition) is 4. The van der Waals surface area contributed by atoms with E-state index in [9.17, 15) is 9.59 Å². The van der Waals surface area contributed by atoms with Crippen LogP contribution in [0.1, 0.15) is 54.9 Å². The Balaban J connectivity index is 1.44. The van der Waals surface area contributed by atoms with E-state index in [4.69, 9.17) is 4.74 Å². The molecule has 1 aliphatic carbocycles. The van der Waals surface area contributed by atoms with Crippen molar-refractivity contribution in [1.29, 1.82) is 0 Å². The van der Waals surface area contributed by atoms with Crippen LogP contribution in [0.25, 0.3) is 5.70 Å². The number of fused-ring (bicyclic) bond motifs is 1. The van der Waals surface area contributed by atoms with E-state index in [2.05, 4.69) is 16.8 Å². The van der Waals surface area contributed by atoms with Gasteiger partial charge in [0.1, 0.15) is 6.04 Å². The summed E-state index contributed by atoms with van der Waals surface area (Å²) in [6.07, 6.45) is 5.85. The highest BCUT2D eigenvalue weighted by molar-refractivity contribution is 6.10. The van der Waals surface area contributed by atoms with Crippen LogP contribution >= 0.6 is 0 Å². The lowest BCUT2D eigenvalue weighted by Crippen LogP contribution is -2.60. The van der Waals surface area contributed by atoms with Gasteiger partial charge in [-0.25, -0.2) is 0 Å². The number of amides is 2. The molecule has 0 aromatic heterocycles. The minimum absolute atomic E-state index is 0.00635. The highest BCUT2D eigenvalue weighted by atomic mass is 16.5. The van der Waals surface area contributed by atoms with E-state index in [1.165, 1.54) is 24.2 Å². The second kappa shape index (κ2) is 8.28. The van der Waals surface area contributed by atoms with Gasteiger partial charge in [-0.05, 0) is 25.8 Å². The topological polar surface area (TPSA) is 61.9 Å². The molecule has 3 aliphatic rings. The van der Waals surface area contributed by atoms with Gasteiger partial charge >= 0.3 is 0 Å². The first-order valence-corrected chi connectivity index (χ1v) is 10.8. The van der Waals surface area contributed by atoms with Crippen molar-refractivity contribution < 1.29 is 14.3 Å². The Morgan fingerprint density at radius 2 is 1.83 bits per heavy atom. The molecule has 2 heterocycles. The lowest BCUT2D eigenvalue weighted by molar-refractivity contribution is -0.125. The minimum atomic E-state index is -0.590. The second-order valence-corrected chi connectivity index (χ2v) is 8.45. The Morgan fingerprint density at radius 1 is 1.17 bits per heavy atom. The van der Waals surface area contributed by atoms with Gasteiger partial charge in [0.2, 0.25) is 5.91 Å². The lowest BCUT2D eigenvalue weighted by Gasteiger charge is -2.48. The summed E-state index contributed by atoms with van der Waals surface area (Å²) in [5.74, 6) is -0.265. The molecule has 6 heteroatoms. The van der Waals surface area contributed by atoms with Crippen molar-refractivity contribution in [2.75, 3.05) is 32.8 Å². The molecule has 4 rings (SSSR count). The highest BCUT2D eigenvalue weighted by Crippen LogP contribution is 2.35. The number of benzene rings is 1. The van der Waals surface area contributed by atoms with E-state index in [0.717, 1.165) is 44.7 Å². The third-order valence-electron chi connectivity index (χ3n) is 6.80. The van der Waals surface area contributed by atoms with Crippen LogP contribution in [0.5, 0.6) is 0 Å². The zero-order valence-corrected chi connectivity index (χ0v) is 17.3. The summed E-state index contributed by atoms with van der Waals surface area (Å²) >= 11 is 0. The quantitative estimate of drug-likeness (QED) is 0.830. The number of carbonyl (C=O) groups is 2. The Kier molecular flexibility index (Phi) is 5.74. The van der Waals surface area contributed by atoms with Gasteiger partial charge in [-0.3, -0.25) is 19.4 Å². The number of morpholine rings is 1. The zero-order chi connectivity index (χ0) is 20.4. The van der Waals surface area contributed by atoms with Crippen LogP contribution in [0.2, 0.25) is 0 Å². The van der Waals surface area contributed by atoms with Gasteiger partial charge in [0.25, 0.3) is 5.91 Å². The molecule has 0 radical (unpaired) electrons. The molecule has 1 saturated heterocycles. The smallest absolute Gasteiger partial charge is 0.259 e. The Bertz CT molecular complexity index is 759. The predicted molar refractivity (Wildman–Crippen MR) is 112 cm³/mol. The summed E-state index contributed by atoms with van der Waals surface area (Å²) in [6.45, 7) is 9.83. The van der Waals surface area contributed by atoms with Crippen molar-refractivity contribution in [3.63, 3.8) is 0 Å². The standard InChI is InChI=1S/C23H31N3O3/c1-17-19-8-4-5-9-20(19)22(28)26(17)18(2)21(27)24-16-23(10-6-3-7-11-23)25-12-14-29-15-13-25/h4-5,8-9,18H,1,3,6-7,10-16H2,2H3,(H,24,27)/t18-/m1/s1. The van der Waals surface area contributed by atoms with Crippen molar-refractivity contribution >= 4 is 17.5 Å². The van der Waals surface area contributed by atoms with Crippen molar-refractivity contribution in [3.05, 3.63) is 42.0 Å². The van der Waals surface area contributed by atoms with E-state index in [1.54, 1.807) is 13.0 Å². The molecule has 1 saturated carbocycles. The molecular formula is C23H31N3O3. The Hall–Kier alpha value is -2.18. The summed E-state index contributed by atoms with van der Waals surface area (Å²) in [5.41, 5.74) is 2.05. The molecular weight excluding hydrogens is 366 g/mol. The van der Waals surface area contributed by atoms with Gasteiger partial charge in [0.15, 0.2) is 0 Å². The number of ether oxygens (including phenoxy) is 1. The fourth-order valence-corrected chi connectivity index (χ4v) is 5.08. The molecule has 1 N–H and O–H groups in total. The molecule has 6 nitrogen and oxygen atoms in total. The van der Waals surface area contributed by atoms with E-state index >= 15 is 0 Å². The van der Waals surface area contributed by atoms with E-state index in [1.807, 2.05) is 18.2 Å². The van der Waals surface area contributed by atoms with Gasteiger partial charge in [-0.1, -0.05) is 44.0 Å². The molecule has 0 bridgehead atoms. The monoisotopic (exact) mass is 397 g/mol. The number of carbonyl (C=O) groups excluding carboxylic acids is 2. The number of hydrogen-bond donors (Lipinski definition) is 1. The van der Waals surface area contributed by atoms with E-state index < -0.39 is 6.04 Å². The van der Waals surface area contributed by atoms with Crippen molar-refractivity contribution in [1.82, 2.24) is 15.1 Å². The van der Waals surface area contributed by atoms with Crippen LogP contribution in [0.15, 0.2) is 30.8 Å². The molecule has 2 fully saturated rings. The maximum atomic E-state index is 13.1. The van der Waals surface area contributed by atoms with E-state index in [-0.39, 0.29) is 17.4 Å². The zero-order valence-electron chi connectivity index (χ0n) is 17.3. The normalized spacial score (nSPS) is 23.0. The maximum Gasteiger partial charge on any atom is 0.259 e. The molecule has 2 aliphatic heterocycles. The fourth-order valence-electron chi connectivity index (χ4n) is 5.08. The molecule has 2 amide bonds. The van der Waals surface area contributed by atoms with Gasteiger partial charge in [0, 0.05) is 42.0 Å². The summed E-state index contributed by atoms with van der Waals surface area (Å²) in [7, 11) is 0. The number of nitrogens with zero attached hydrogens (tertiary/aromatic N) is 2. The average molecular weight is 398 g/mol. The summed E-state index contributed by atoms with van der Waals surface area (Å²) in [6, 6.07) is 6.82. The van der Waals surface area contributed by atoms with Crippen LogP contribution in [-0.4, -0.2) is 66.0 Å². The third kappa shape index (κ3) is 3.71. The van der Waals surface area contributed by atoms with Gasteiger partial charge < -0.3 is 10.1 Å². The summed E-state index contributed by atoms with van der Waals surface area (Å²) in [4.78, 5) is 29.9. The lowest BCUT2D eigenvalue weighted by atomic mass is 9.79. The molecule has 29 heavy (non-hydrogen) atoms. The molecule has 0 spiro atoms. The third-order valence-corrected chi connectivity index (χ3v) is 6.80. The predicted octanol–water partition coefficient (Wildman–Crippen LogP) is 2.65. The van der Waals surface area contributed by atoms with Crippen molar-refractivity contribution in [3.8, 4) is 0 Å². The second-order valence-electron chi connectivity index (χ2n) is 8.45. The Morgan fingerprint density at radius 3 is 2.48 bits per heavy atom. The first kappa shape index (κ1) is 20.1. The average Bonchev–Trinajstić information content (AvgIpc) is 3.03. The van der Waals surface area contributed by atoms with Crippen molar-refractivity contribution in [2.24, 2.45) is 0 Å². The summed E-state index contributed by atoms with van der Waals surface area (Å²) < 4.78 is 5.54. The van der Waals surface area contributed by atoms with Crippen LogP contribution in [0.4, 0.5) is 0 Å². The largest absolute Gasteiger partial charge is 0.379 e. The van der Waals surface area contributed by atoms with Gasteiger partial charge in [0.05, 0.1) is 13.2 Å². The van der Waals surface area contributed by atoms with Gasteiger partial charge in [-0.15, -0.1) is 0 Å². The maximum absolute atomic E-state index is 13.1. The molecule has 1 aromatic carbocycles. The number of rotatable bonds is 5. The Labute approximate surface area is 172 Å². The molecule has 1 aromatic rings. The molecule has 1 atom stereocenters. The first-order valence-electron chi connectivity index (χ1n) is 10.8. The van der Waals surface area contributed by atoms with Crippen LogP contribution in [-0.2, 0) is 9.53 Å². The van der Waals surface area contributed by atoms with Crippen LogP contribution in [0, 0.1) is 0 Å². The van der Waals surface area contributed by atoms with Crippen molar-refractivity contribution in [2.45, 2.75) is 50.6 Å².